The first-order valence-corrected chi connectivity index (χ1v) is 5.55. The summed E-state index contributed by atoms with van der Waals surface area (Å²) in [6, 6.07) is 4.28. The molecule has 2 atom stereocenters. The van der Waals surface area contributed by atoms with E-state index in [9.17, 15) is 14.7 Å². The van der Waals surface area contributed by atoms with Crippen molar-refractivity contribution in [3.05, 3.63) is 34.3 Å². The third-order valence-corrected chi connectivity index (χ3v) is 2.71. The van der Waals surface area contributed by atoms with Gasteiger partial charge in [-0.2, -0.15) is 0 Å². The van der Waals surface area contributed by atoms with Crippen LogP contribution in [-0.4, -0.2) is 27.3 Å². The molecule has 0 fully saturated rings. The van der Waals surface area contributed by atoms with Gasteiger partial charge in [-0.1, -0.05) is 23.7 Å². The highest BCUT2D eigenvalue weighted by molar-refractivity contribution is 6.35. The maximum Gasteiger partial charge on any atom is 0.337 e. The lowest BCUT2D eigenvalue weighted by molar-refractivity contribution is -0.146. The average Bonchev–Trinajstić information content (AvgIpc) is 2.26. The van der Waals surface area contributed by atoms with Crippen LogP contribution in [0.5, 0.6) is 0 Å². The predicted molar refractivity (Wildman–Crippen MR) is 63.7 cm³/mol. The standard InChI is InChI=1S/C11H10Cl2O4/c1-5(12)9(14)6-3-2-4-7(13)8(6)10(15)11(16)17/h2-5,10,15H,1H3,(H,16,17). The highest BCUT2D eigenvalue weighted by Gasteiger charge is 2.26. The summed E-state index contributed by atoms with van der Waals surface area (Å²) in [5.74, 6) is -1.96. The molecule has 1 aromatic carbocycles. The first-order chi connectivity index (χ1) is 7.86. The summed E-state index contributed by atoms with van der Waals surface area (Å²) in [7, 11) is 0. The van der Waals surface area contributed by atoms with Crippen molar-refractivity contribution < 1.29 is 19.8 Å². The van der Waals surface area contributed by atoms with E-state index in [4.69, 9.17) is 28.3 Å². The Balaban J connectivity index is 3.36. The molecule has 0 bridgehead atoms. The van der Waals surface area contributed by atoms with Crippen LogP contribution in [0.1, 0.15) is 28.9 Å². The van der Waals surface area contributed by atoms with Gasteiger partial charge in [0.05, 0.1) is 5.38 Å². The van der Waals surface area contributed by atoms with E-state index in [1.165, 1.54) is 25.1 Å². The van der Waals surface area contributed by atoms with Crippen LogP contribution in [-0.2, 0) is 4.79 Å². The molecule has 2 unspecified atom stereocenters. The molecule has 0 amide bonds. The third kappa shape index (κ3) is 2.97. The number of hydrogen-bond donors (Lipinski definition) is 2. The summed E-state index contributed by atoms with van der Waals surface area (Å²) >= 11 is 11.4. The number of alkyl halides is 1. The molecule has 0 saturated carbocycles. The van der Waals surface area contributed by atoms with Crippen LogP contribution >= 0.6 is 23.2 Å². The molecule has 92 valence electrons. The lowest BCUT2D eigenvalue weighted by Gasteiger charge is -2.14. The molecule has 0 saturated heterocycles. The maximum atomic E-state index is 11.7. The predicted octanol–water partition coefficient (Wildman–Crippen LogP) is 2.27. The normalized spacial score (nSPS) is 14.1. The lowest BCUT2D eigenvalue weighted by Crippen LogP contribution is -2.19. The number of hydrogen-bond acceptors (Lipinski definition) is 3. The summed E-state index contributed by atoms with van der Waals surface area (Å²) < 4.78 is 0. The molecule has 1 rings (SSSR count). The molecule has 2 N–H and O–H groups in total. The Kier molecular flexibility index (Phi) is 4.51. The number of carbonyl (C=O) groups is 2. The first kappa shape index (κ1) is 14.0. The largest absolute Gasteiger partial charge is 0.479 e. The maximum absolute atomic E-state index is 11.7. The highest BCUT2D eigenvalue weighted by atomic mass is 35.5. The van der Waals surface area contributed by atoms with Crippen LogP contribution < -0.4 is 0 Å². The van der Waals surface area contributed by atoms with Crippen molar-refractivity contribution in [2.45, 2.75) is 18.4 Å². The summed E-state index contributed by atoms with van der Waals surface area (Å²) in [4.78, 5) is 22.5. The van der Waals surface area contributed by atoms with Gasteiger partial charge in [0.15, 0.2) is 11.9 Å². The Bertz CT molecular complexity index is 457. The number of Topliss-reactive ketones (excluding diaryl/α,β-unsaturated/α-hetero) is 1. The van der Waals surface area contributed by atoms with Gasteiger partial charge >= 0.3 is 5.97 Å². The zero-order valence-corrected chi connectivity index (χ0v) is 10.4. The van der Waals surface area contributed by atoms with Crippen molar-refractivity contribution >= 4 is 35.0 Å². The SMILES string of the molecule is CC(Cl)C(=O)c1cccc(Cl)c1C(O)C(=O)O. The number of benzene rings is 1. The van der Waals surface area contributed by atoms with Crippen LogP contribution in [0.15, 0.2) is 18.2 Å². The summed E-state index contributed by atoms with van der Waals surface area (Å²) in [5.41, 5.74) is -0.103. The Hall–Kier alpha value is -1.10. The number of halogens is 2. The van der Waals surface area contributed by atoms with Crippen LogP contribution in [0.25, 0.3) is 0 Å². The molecule has 0 aromatic heterocycles. The van der Waals surface area contributed by atoms with E-state index < -0.39 is 23.2 Å². The van der Waals surface area contributed by atoms with Crippen LogP contribution in [0.4, 0.5) is 0 Å². The second-order valence-electron chi connectivity index (χ2n) is 3.42. The van der Waals surface area contributed by atoms with Gasteiger partial charge in [0.25, 0.3) is 0 Å². The molecule has 6 heteroatoms. The number of carbonyl (C=O) groups excluding carboxylic acids is 1. The molecule has 1 aromatic rings. The minimum absolute atomic E-state index is 0.0167. The van der Waals surface area contributed by atoms with Gasteiger partial charge in [0.2, 0.25) is 0 Å². The number of rotatable bonds is 4. The van der Waals surface area contributed by atoms with Crippen LogP contribution in [0.2, 0.25) is 5.02 Å². The summed E-state index contributed by atoms with van der Waals surface area (Å²) in [5, 5.41) is 17.5. The molecule has 0 spiro atoms. The third-order valence-electron chi connectivity index (χ3n) is 2.19. The van der Waals surface area contributed by atoms with Crippen molar-refractivity contribution in [3.8, 4) is 0 Å². The number of carboxylic acids is 1. The number of ketones is 1. The number of carboxylic acid groups (broad SMARTS) is 1. The van der Waals surface area contributed by atoms with E-state index in [1.54, 1.807) is 0 Å². The fourth-order valence-corrected chi connectivity index (χ4v) is 1.76. The Morgan fingerprint density at radius 1 is 1.35 bits per heavy atom. The van der Waals surface area contributed by atoms with E-state index in [0.717, 1.165) is 0 Å². The molecule has 0 heterocycles. The van der Waals surface area contributed by atoms with Gasteiger partial charge in [-0.15, -0.1) is 11.6 Å². The monoisotopic (exact) mass is 276 g/mol. The van der Waals surface area contributed by atoms with Gasteiger partial charge in [-0.25, -0.2) is 4.79 Å². The quantitative estimate of drug-likeness (QED) is 0.654. The van der Waals surface area contributed by atoms with E-state index in [0.29, 0.717) is 0 Å². The van der Waals surface area contributed by atoms with Crippen molar-refractivity contribution in [2.24, 2.45) is 0 Å². The van der Waals surface area contributed by atoms with Gasteiger partial charge in [-0.3, -0.25) is 4.79 Å². The van der Waals surface area contributed by atoms with Gasteiger partial charge < -0.3 is 10.2 Å². The molecule has 0 aliphatic carbocycles. The van der Waals surface area contributed by atoms with Gasteiger partial charge in [0.1, 0.15) is 0 Å². The summed E-state index contributed by atoms with van der Waals surface area (Å²) in [6.07, 6.45) is -1.85. The van der Waals surface area contributed by atoms with Crippen molar-refractivity contribution in [2.75, 3.05) is 0 Å². The Labute approximate surface area is 108 Å². The summed E-state index contributed by atoms with van der Waals surface area (Å²) in [6.45, 7) is 1.46. The van der Waals surface area contributed by atoms with E-state index >= 15 is 0 Å². The number of aliphatic hydroxyl groups excluding tert-OH is 1. The molecule has 0 aliphatic rings. The Morgan fingerprint density at radius 3 is 2.41 bits per heavy atom. The molecule has 4 nitrogen and oxygen atoms in total. The fourth-order valence-electron chi connectivity index (χ4n) is 1.37. The average molecular weight is 277 g/mol. The number of aliphatic hydroxyl groups is 1. The molecular weight excluding hydrogens is 267 g/mol. The molecule has 0 radical (unpaired) electrons. The first-order valence-electron chi connectivity index (χ1n) is 4.73. The minimum Gasteiger partial charge on any atom is -0.479 e. The zero-order valence-electron chi connectivity index (χ0n) is 8.85. The second-order valence-corrected chi connectivity index (χ2v) is 4.48. The van der Waals surface area contributed by atoms with Crippen LogP contribution in [0, 0.1) is 0 Å². The van der Waals surface area contributed by atoms with Crippen molar-refractivity contribution in [3.63, 3.8) is 0 Å². The minimum atomic E-state index is -1.85. The number of aliphatic carboxylic acids is 1. The Morgan fingerprint density at radius 2 is 1.94 bits per heavy atom. The molecular formula is C11H10Cl2O4. The smallest absolute Gasteiger partial charge is 0.337 e. The second kappa shape index (κ2) is 5.49. The lowest BCUT2D eigenvalue weighted by atomic mass is 9.97. The van der Waals surface area contributed by atoms with Crippen LogP contribution in [0.3, 0.4) is 0 Å². The topological polar surface area (TPSA) is 74.6 Å². The van der Waals surface area contributed by atoms with Crippen molar-refractivity contribution in [1.29, 1.82) is 0 Å². The van der Waals surface area contributed by atoms with Gasteiger partial charge in [-0.05, 0) is 13.0 Å². The fraction of sp³-hybridized carbons (Fsp3) is 0.273. The molecule has 0 aliphatic heterocycles. The van der Waals surface area contributed by atoms with Crippen molar-refractivity contribution in [1.82, 2.24) is 0 Å². The van der Waals surface area contributed by atoms with E-state index in [1.807, 2.05) is 0 Å². The van der Waals surface area contributed by atoms with Gasteiger partial charge in [0, 0.05) is 16.1 Å². The highest BCUT2D eigenvalue weighted by Crippen LogP contribution is 2.28. The van der Waals surface area contributed by atoms with E-state index in [-0.39, 0.29) is 16.1 Å². The van der Waals surface area contributed by atoms with E-state index in [2.05, 4.69) is 0 Å². The molecule has 17 heavy (non-hydrogen) atoms. The zero-order chi connectivity index (χ0) is 13.2.